The first-order valence-electron chi connectivity index (χ1n) is 7.10. The number of aromatic hydroxyl groups is 1. The van der Waals surface area contributed by atoms with Gasteiger partial charge in [-0.1, -0.05) is 6.92 Å². The summed E-state index contributed by atoms with van der Waals surface area (Å²) in [7, 11) is 2.11. The van der Waals surface area contributed by atoms with Crippen molar-refractivity contribution in [2.24, 2.45) is 0 Å². The van der Waals surface area contributed by atoms with Crippen LogP contribution in [-0.2, 0) is 6.54 Å². The van der Waals surface area contributed by atoms with Crippen molar-refractivity contribution in [3.05, 3.63) is 23.8 Å². The molecule has 0 aromatic heterocycles. The predicted octanol–water partition coefficient (Wildman–Crippen LogP) is 1.89. The molecule has 1 fully saturated rings. The van der Waals surface area contributed by atoms with Crippen LogP contribution in [0.4, 0.5) is 5.69 Å². The second kappa shape index (κ2) is 6.26. The van der Waals surface area contributed by atoms with Crippen LogP contribution in [-0.4, -0.2) is 47.6 Å². The van der Waals surface area contributed by atoms with E-state index in [1.807, 2.05) is 6.07 Å². The zero-order valence-corrected chi connectivity index (χ0v) is 12.0. The van der Waals surface area contributed by atoms with Crippen molar-refractivity contribution in [3.8, 4) is 5.75 Å². The lowest BCUT2D eigenvalue weighted by Crippen LogP contribution is -2.38. The number of nitrogens with zero attached hydrogens (tertiary/aromatic N) is 2. The Bertz CT molecular complexity index is 422. The summed E-state index contributed by atoms with van der Waals surface area (Å²) in [5, 5.41) is 9.85. The second-order valence-electron chi connectivity index (χ2n) is 5.51. The Hall–Kier alpha value is -1.26. The lowest BCUT2D eigenvalue weighted by molar-refractivity contribution is 0.194. The Balaban J connectivity index is 1.93. The van der Waals surface area contributed by atoms with Crippen molar-refractivity contribution < 1.29 is 5.11 Å². The highest BCUT2D eigenvalue weighted by Crippen LogP contribution is 2.22. The molecule has 1 heterocycles. The van der Waals surface area contributed by atoms with Gasteiger partial charge in [-0.25, -0.2) is 0 Å². The lowest BCUT2D eigenvalue weighted by Gasteiger charge is -2.27. The molecule has 1 saturated heterocycles. The minimum Gasteiger partial charge on any atom is -0.508 e. The number of benzene rings is 1. The third-order valence-electron chi connectivity index (χ3n) is 3.97. The van der Waals surface area contributed by atoms with Gasteiger partial charge in [0, 0.05) is 30.4 Å². The molecule has 1 unspecified atom stereocenters. The van der Waals surface area contributed by atoms with E-state index in [1.165, 1.54) is 19.4 Å². The van der Waals surface area contributed by atoms with Crippen LogP contribution in [0.3, 0.4) is 0 Å². The van der Waals surface area contributed by atoms with E-state index in [4.69, 9.17) is 5.73 Å². The molecule has 0 saturated carbocycles. The minimum absolute atomic E-state index is 0.333. The van der Waals surface area contributed by atoms with Gasteiger partial charge in [-0.3, -0.25) is 4.90 Å². The molecule has 3 N–H and O–H groups in total. The molecule has 1 atom stereocenters. The number of hydrogen-bond donors (Lipinski definition) is 2. The first kappa shape index (κ1) is 14.2. The molecule has 4 nitrogen and oxygen atoms in total. The van der Waals surface area contributed by atoms with Gasteiger partial charge < -0.3 is 15.7 Å². The van der Waals surface area contributed by atoms with E-state index >= 15 is 0 Å². The van der Waals surface area contributed by atoms with Gasteiger partial charge in [-0.05, 0) is 51.2 Å². The maximum Gasteiger partial charge on any atom is 0.120 e. The quantitative estimate of drug-likeness (QED) is 0.629. The van der Waals surface area contributed by atoms with E-state index in [1.54, 1.807) is 12.1 Å². The number of phenolic OH excluding ortho intramolecular Hbond substituents is 1. The smallest absolute Gasteiger partial charge is 0.120 e. The molecule has 19 heavy (non-hydrogen) atoms. The molecular weight excluding hydrogens is 238 g/mol. The highest BCUT2D eigenvalue weighted by molar-refractivity contribution is 5.47. The van der Waals surface area contributed by atoms with Crippen LogP contribution in [0, 0.1) is 0 Å². The topological polar surface area (TPSA) is 52.7 Å². The number of nitrogen functional groups attached to an aromatic ring is 1. The van der Waals surface area contributed by atoms with Gasteiger partial charge in [0.1, 0.15) is 5.75 Å². The number of phenols is 1. The summed E-state index contributed by atoms with van der Waals surface area (Å²) in [5.41, 5.74) is 7.38. The van der Waals surface area contributed by atoms with Crippen molar-refractivity contribution in [1.82, 2.24) is 9.80 Å². The monoisotopic (exact) mass is 263 g/mol. The van der Waals surface area contributed by atoms with Crippen molar-refractivity contribution >= 4 is 5.69 Å². The van der Waals surface area contributed by atoms with Crippen LogP contribution in [0.15, 0.2) is 18.2 Å². The molecule has 4 heteroatoms. The third-order valence-corrected chi connectivity index (χ3v) is 3.97. The highest BCUT2D eigenvalue weighted by Gasteiger charge is 2.24. The highest BCUT2D eigenvalue weighted by atomic mass is 16.3. The summed E-state index contributed by atoms with van der Waals surface area (Å²) >= 11 is 0. The van der Waals surface area contributed by atoms with E-state index in [-0.39, 0.29) is 0 Å². The van der Waals surface area contributed by atoms with Crippen LogP contribution in [0.5, 0.6) is 5.75 Å². The summed E-state index contributed by atoms with van der Waals surface area (Å²) in [4.78, 5) is 4.81. The summed E-state index contributed by atoms with van der Waals surface area (Å²) in [6, 6.07) is 5.91. The van der Waals surface area contributed by atoms with Gasteiger partial charge in [0.15, 0.2) is 0 Å². The van der Waals surface area contributed by atoms with Crippen molar-refractivity contribution in [2.75, 3.05) is 32.4 Å². The maximum absolute atomic E-state index is 9.85. The van der Waals surface area contributed by atoms with Gasteiger partial charge in [0.05, 0.1) is 0 Å². The number of likely N-dealkylation sites (tertiary alicyclic amines) is 1. The fraction of sp³-hybridized carbons (Fsp3) is 0.600. The molecule has 106 valence electrons. The Morgan fingerprint density at radius 3 is 3.00 bits per heavy atom. The van der Waals surface area contributed by atoms with Crippen LogP contribution >= 0.6 is 0 Å². The average Bonchev–Trinajstić information content (AvgIpc) is 2.81. The van der Waals surface area contributed by atoms with Crippen molar-refractivity contribution in [3.63, 3.8) is 0 Å². The molecule has 0 spiro atoms. The van der Waals surface area contributed by atoms with E-state index in [9.17, 15) is 5.11 Å². The predicted molar refractivity (Wildman–Crippen MR) is 79.1 cm³/mol. The zero-order valence-electron chi connectivity index (χ0n) is 12.0. The van der Waals surface area contributed by atoms with Gasteiger partial charge in [0.25, 0.3) is 0 Å². The van der Waals surface area contributed by atoms with Gasteiger partial charge in [-0.15, -0.1) is 0 Å². The second-order valence-corrected chi connectivity index (χ2v) is 5.51. The van der Waals surface area contributed by atoms with Gasteiger partial charge >= 0.3 is 0 Å². The Morgan fingerprint density at radius 2 is 2.26 bits per heavy atom. The van der Waals surface area contributed by atoms with E-state index in [0.29, 0.717) is 17.5 Å². The van der Waals surface area contributed by atoms with Gasteiger partial charge in [0.2, 0.25) is 0 Å². The zero-order chi connectivity index (χ0) is 13.8. The van der Waals surface area contributed by atoms with Crippen molar-refractivity contribution in [1.29, 1.82) is 0 Å². The summed E-state index contributed by atoms with van der Waals surface area (Å²) < 4.78 is 0. The largest absolute Gasteiger partial charge is 0.508 e. The van der Waals surface area contributed by atoms with Crippen LogP contribution < -0.4 is 5.73 Å². The Labute approximate surface area is 115 Å². The summed E-state index contributed by atoms with van der Waals surface area (Å²) in [6.07, 6.45) is 2.58. The fourth-order valence-electron chi connectivity index (χ4n) is 2.97. The molecule has 1 aliphatic heterocycles. The molecule has 0 radical (unpaired) electrons. The maximum atomic E-state index is 9.85. The third kappa shape index (κ3) is 3.61. The summed E-state index contributed by atoms with van der Waals surface area (Å²) in [5.74, 6) is 0.333. The Kier molecular flexibility index (Phi) is 4.66. The van der Waals surface area contributed by atoms with E-state index < -0.39 is 0 Å². The SMILES string of the molecule is CCN1CCCC1CN(C)Cc1cc(N)ccc1O. The Morgan fingerprint density at radius 1 is 1.47 bits per heavy atom. The number of rotatable bonds is 5. The normalized spacial score (nSPS) is 20.3. The first-order chi connectivity index (χ1) is 9.10. The van der Waals surface area contributed by atoms with Crippen molar-refractivity contribution in [2.45, 2.75) is 32.4 Å². The van der Waals surface area contributed by atoms with Crippen LogP contribution in [0.2, 0.25) is 0 Å². The number of anilines is 1. The molecule has 1 aromatic carbocycles. The van der Waals surface area contributed by atoms with Crippen LogP contribution in [0.25, 0.3) is 0 Å². The minimum atomic E-state index is 0.333. The average molecular weight is 263 g/mol. The first-order valence-corrected chi connectivity index (χ1v) is 7.10. The molecule has 0 bridgehead atoms. The fourth-order valence-corrected chi connectivity index (χ4v) is 2.97. The molecule has 1 aliphatic rings. The van der Waals surface area contributed by atoms with Crippen LogP contribution in [0.1, 0.15) is 25.3 Å². The number of hydrogen-bond acceptors (Lipinski definition) is 4. The molecular formula is C15H25N3O. The number of likely N-dealkylation sites (N-methyl/N-ethyl adjacent to an activating group) is 2. The van der Waals surface area contributed by atoms with E-state index in [0.717, 1.165) is 25.2 Å². The number of nitrogens with two attached hydrogens (primary N) is 1. The molecule has 2 rings (SSSR count). The molecule has 0 aliphatic carbocycles. The van der Waals surface area contributed by atoms with Gasteiger partial charge in [-0.2, -0.15) is 0 Å². The summed E-state index contributed by atoms with van der Waals surface area (Å²) in [6.45, 7) is 6.36. The molecule has 0 amide bonds. The molecule has 1 aromatic rings. The van der Waals surface area contributed by atoms with E-state index in [2.05, 4.69) is 23.8 Å². The standard InChI is InChI=1S/C15H25N3O/c1-3-18-8-4-5-14(18)11-17(2)10-12-9-13(16)6-7-15(12)19/h6-7,9,14,19H,3-5,8,10-11,16H2,1-2H3. The lowest BCUT2D eigenvalue weighted by atomic mass is 10.1.